The van der Waals surface area contributed by atoms with Gasteiger partial charge < -0.3 is 10.6 Å². The molecule has 2 N–H and O–H groups in total. The average molecular weight is 251 g/mol. The number of carbonyl (C=O) groups is 1. The quantitative estimate of drug-likeness (QED) is 0.756. The molecular weight excluding hydrogens is 230 g/mol. The number of nitrogens with one attached hydrogen (secondary N) is 2. The van der Waals surface area contributed by atoms with Crippen LogP contribution in [-0.2, 0) is 11.3 Å². The van der Waals surface area contributed by atoms with Gasteiger partial charge in [0.2, 0.25) is 5.91 Å². The van der Waals surface area contributed by atoms with E-state index >= 15 is 0 Å². The molecule has 0 aromatic carbocycles. The van der Waals surface area contributed by atoms with E-state index in [0.29, 0.717) is 13.1 Å². The van der Waals surface area contributed by atoms with E-state index in [9.17, 15) is 4.79 Å². The SMILES string of the molecule is CCCC1(C(=O)NCCn2ccnn2)CCNC1. The van der Waals surface area contributed by atoms with Crippen molar-refractivity contribution in [3.63, 3.8) is 0 Å². The van der Waals surface area contributed by atoms with Gasteiger partial charge in [0, 0.05) is 19.3 Å². The third-order valence-electron chi connectivity index (χ3n) is 3.55. The average Bonchev–Trinajstić information content (AvgIpc) is 3.01. The maximum atomic E-state index is 12.3. The first kappa shape index (κ1) is 13.0. The number of carbonyl (C=O) groups excluding carboxylic acids is 1. The van der Waals surface area contributed by atoms with Crippen molar-refractivity contribution in [1.82, 2.24) is 25.6 Å². The van der Waals surface area contributed by atoms with E-state index in [2.05, 4.69) is 27.9 Å². The van der Waals surface area contributed by atoms with Crippen molar-refractivity contribution >= 4 is 5.91 Å². The Morgan fingerprint density at radius 2 is 2.50 bits per heavy atom. The van der Waals surface area contributed by atoms with Crippen molar-refractivity contribution < 1.29 is 4.79 Å². The fraction of sp³-hybridized carbons (Fsp3) is 0.750. The van der Waals surface area contributed by atoms with Gasteiger partial charge in [-0.05, 0) is 19.4 Å². The molecule has 1 fully saturated rings. The summed E-state index contributed by atoms with van der Waals surface area (Å²) in [6.45, 7) is 5.14. The molecule has 18 heavy (non-hydrogen) atoms. The lowest BCUT2D eigenvalue weighted by Crippen LogP contribution is -2.43. The second kappa shape index (κ2) is 5.95. The van der Waals surface area contributed by atoms with Crippen molar-refractivity contribution in [2.45, 2.75) is 32.7 Å². The molecule has 0 bridgehead atoms. The van der Waals surface area contributed by atoms with E-state index in [1.165, 1.54) is 0 Å². The molecule has 1 aromatic heterocycles. The number of hydrogen-bond acceptors (Lipinski definition) is 4. The first-order valence-electron chi connectivity index (χ1n) is 6.60. The Morgan fingerprint density at radius 1 is 1.61 bits per heavy atom. The Kier molecular flexibility index (Phi) is 4.30. The maximum Gasteiger partial charge on any atom is 0.227 e. The largest absolute Gasteiger partial charge is 0.354 e. The van der Waals surface area contributed by atoms with Crippen LogP contribution in [0.2, 0.25) is 0 Å². The predicted molar refractivity (Wildman–Crippen MR) is 67.9 cm³/mol. The molecule has 1 saturated heterocycles. The molecule has 2 rings (SSSR count). The Labute approximate surface area is 107 Å². The molecule has 6 heteroatoms. The summed E-state index contributed by atoms with van der Waals surface area (Å²) in [5.41, 5.74) is -0.197. The number of aromatic nitrogens is 3. The second-order valence-electron chi connectivity index (χ2n) is 4.88. The van der Waals surface area contributed by atoms with Gasteiger partial charge in [0.1, 0.15) is 0 Å². The van der Waals surface area contributed by atoms with Crippen molar-refractivity contribution in [1.29, 1.82) is 0 Å². The highest BCUT2D eigenvalue weighted by Crippen LogP contribution is 2.31. The van der Waals surface area contributed by atoms with Crippen LogP contribution < -0.4 is 10.6 Å². The van der Waals surface area contributed by atoms with Gasteiger partial charge in [-0.1, -0.05) is 18.6 Å². The molecule has 1 unspecified atom stereocenters. The number of amides is 1. The third kappa shape index (κ3) is 2.87. The maximum absolute atomic E-state index is 12.3. The molecule has 100 valence electrons. The van der Waals surface area contributed by atoms with Crippen molar-refractivity contribution in [3.8, 4) is 0 Å². The Balaban J connectivity index is 1.82. The molecule has 6 nitrogen and oxygen atoms in total. The highest BCUT2D eigenvalue weighted by molar-refractivity contribution is 5.83. The fourth-order valence-corrected chi connectivity index (χ4v) is 2.57. The monoisotopic (exact) mass is 251 g/mol. The molecule has 0 spiro atoms. The van der Waals surface area contributed by atoms with Crippen LogP contribution in [-0.4, -0.2) is 40.5 Å². The van der Waals surface area contributed by atoms with E-state index in [-0.39, 0.29) is 11.3 Å². The van der Waals surface area contributed by atoms with Gasteiger partial charge in [-0.25, -0.2) is 0 Å². The summed E-state index contributed by atoms with van der Waals surface area (Å²) >= 11 is 0. The summed E-state index contributed by atoms with van der Waals surface area (Å²) in [4.78, 5) is 12.3. The minimum atomic E-state index is -0.197. The van der Waals surface area contributed by atoms with E-state index in [1.807, 2.05) is 0 Å². The van der Waals surface area contributed by atoms with Gasteiger partial charge in [0.15, 0.2) is 0 Å². The van der Waals surface area contributed by atoms with Crippen molar-refractivity contribution in [3.05, 3.63) is 12.4 Å². The zero-order valence-corrected chi connectivity index (χ0v) is 10.9. The topological polar surface area (TPSA) is 71.8 Å². The molecule has 1 aliphatic heterocycles. The number of hydrogen-bond donors (Lipinski definition) is 2. The van der Waals surface area contributed by atoms with E-state index in [0.717, 1.165) is 32.4 Å². The minimum Gasteiger partial charge on any atom is -0.354 e. The zero-order valence-electron chi connectivity index (χ0n) is 10.9. The van der Waals surface area contributed by atoms with E-state index in [1.54, 1.807) is 17.1 Å². The lowest BCUT2D eigenvalue weighted by molar-refractivity contribution is -0.130. The van der Waals surface area contributed by atoms with Crippen molar-refractivity contribution in [2.24, 2.45) is 5.41 Å². The summed E-state index contributed by atoms with van der Waals surface area (Å²) in [5, 5.41) is 13.9. The van der Waals surface area contributed by atoms with Gasteiger partial charge in [-0.2, -0.15) is 0 Å². The Bertz CT molecular complexity index is 370. The number of rotatable bonds is 6. The van der Waals surface area contributed by atoms with Gasteiger partial charge in [-0.3, -0.25) is 9.48 Å². The van der Waals surface area contributed by atoms with E-state index < -0.39 is 0 Å². The van der Waals surface area contributed by atoms with Gasteiger partial charge >= 0.3 is 0 Å². The predicted octanol–water partition coefficient (Wildman–Crippen LogP) is 0.174. The van der Waals surface area contributed by atoms with Gasteiger partial charge in [0.05, 0.1) is 18.2 Å². The molecular formula is C12H21N5O. The van der Waals surface area contributed by atoms with Crippen LogP contribution in [0.3, 0.4) is 0 Å². The van der Waals surface area contributed by atoms with E-state index in [4.69, 9.17) is 0 Å². The zero-order chi connectivity index (χ0) is 12.8. The third-order valence-corrected chi connectivity index (χ3v) is 3.55. The number of nitrogens with zero attached hydrogens (tertiary/aromatic N) is 3. The normalized spacial score (nSPS) is 23.2. The lowest BCUT2D eigenvalue weighted by atomic mass is 9.81. The van der Waals surface area contributed by atoms with Crippen LogP contribution >= 0.6 is 0 Å². The first-order valence-corrected chi connectivity index (χ1v) is 6.60. The molecule has 0 saturated carbocycles. The Morgan fingerprint density at radius 3 is 3.11 bits per heavy atom. The van der Waals surface area contributed by atoms with Crippen LogP contribution in [0, 0.1) is 5.41 Å². The summed E-state index contributed by atoms with van der Waals surface area (Å²) in [6.07, 6.45) is 6.37. The summed E-state index contributed by atoms with van der Waals surface area (Å²) < 4.78 is 1.72. The molecule has 2 heterocycles. The molecule has 1 atom stereocenters. The van der Waals surface area contributed by atoms with Crippen LogP contribution in [0.4, 0.5) is 0 Å². The Hall–Kier alpha value is -1.43. The smallest absolute Gasteiger partial charge is 0.227 e. The van der Waals surface area contributed by atoms with Crippen LogP contribution in [0.1, 0.15) is 26.2 Å². The van der Waals surface area contributed by atoms with Crippen molar-refractivity contribution in [2.75, 3.05) is 19.6 Å². The molecule has 1 amide bonds. The minimum absolute atomic E-state index is 0.175. The first-order chi connectivity index (χ1) is 8.77. The molecule has 1 aliphatic rings. The van der Waals surface area contributed by atoms with Crippen LogP contribution in [0.5, 0.6) is 0 Å². The van der Waals surface area contributed by atoms with Crippen LogP contribution in [0.15, 0.2) is 12.4 Å². The molecule has 0 aliphatic carbocycles. The summed E-state index contributed by atoms with van der Waals surface area (Å²) in [7, 11) is 0. The molecule has 1 aromatic rings. The van der Waals surface area contributed by atoms with Crippen LogP contribution in [0.25, 0.3) is 0 Å². The second-order valence-corrected chi connectivity index (χ2v) is 4.88. The van der Waals surface area contributed by atoms with Gasteiger partial charge in [0.25, 0.3) is 0 Å². The standard InChI is InChI=1S/C12H21N5O/c1-2-3-12(4-5-13-10-12)11(18)14-6-8-17-9-7-15-16-17/h7,9,13H,2-6,8,10H2,1H3,(H,14,18). The highest BCUT2D eigenvalue weighted by atomic mass is 16.2. The lowest BCUT2D eigenvalue weighted by Gasteiger charge is -2.26. The fourth-order valence-electron chi connectivity index (χ4n) is 2.57. The summed E-state index contributed by atoms with van der Waals surface area (Å²) in [6, 6.07) is 0. The molecule has 0 radical (unpaired) electrons. The van der Waals surface area contributed by atoms with Gasteiger partial charge in [-0.15, -0.1) is 5.10 Å². The highest BCUT2D eigenvalue weighted by Gasteiger charge is 2.39. The summed E-state index contributed by atoms with van der Waals surface area (Å²) in [5.74, 6) is 0.175.